The van der Waals surface area contributed by atoms with Gasteiger partial charge in [-0.3, -0.25) is 4.79 Å². The van der Waals surface area contributed by atoms with E-state index in [-0.39, 0.29) is 17.6 Å². The zero-order valence-corrected chi connectivity index (χ0v) is 17.0. The van der Waals surface area contributed by atoms with Crippen LogP contribution in [0, 0.1) is 5.92 Å². The maximum absolute atomic E-state index is 12.3. The van der Waals surface area contributed by atoms with Crippen LogP contribution in [0.4, 0.5) is 0 Å². The molecule has 5 nitrogen and oxygen atoms in total. The number of benzene rings is 1. The second-order valence-corrected chi connectivity index (χ2v) is 9.62. The smallest absolute Gasteiger partial charge is 0.223 e. The molecule has 1 heterocycles. The van der Waals surface area contributed by atoms with Crippen LogP contribution in [0.2, 0.25) is 0 Å². The van der Waals surface area contributed by atoms with Gasteiger partial charge >= 0.3 is 0 Å². The van der Waals surface area contributed by atoms with E-state index in [4.69, 9.17) is 0 Å². The van der Waals surface area contributed by atoms with Gasteiger partial charge in [0.25, 0.3) is 0 Å². The number of piperidine rings is 1. The van der Waals surface area contributed by atoms with Crippen molar-refractivity contribution in [2.75, 3.05) is 25.4 Å². The third kappa shape index (κ3) is 5.81. The maximum Gasteiger partial charge on any atom is 0.223 e. The van der Waals surface area contributed by atoms with Gasteiger partial charge in [-0.15, -0.1) is 0 Å². The summed E-state index contributed by atoms with van der Waals surface area (Å²) < 4.78 is 25.2. The Bertz CT molecular complexity index is 676. The summed E-state index contributed by atoms with van der Waals surface area (Å²) in [6.45, 7) is 7.61. The van der Waals surface area contributed by atoms with E-state index in [1.807, 2.05) is 0 Å². The lowest BCUT2D eigenvalue weighted by molar-refractivity contribution is -0.126. The minimum Gasteiger partial charge on any atom is -0.356 e. The summed E-state index contributed by atoms with van der Waals surface area (Å²) in [6, 6.07) is 8.69. The topological polar surface area (TPSA) is 66.5 Å². The standard InChI is InChI=1S/C20H32N2O3S/c1-4-26(24,25)22-14-11-19(12-15-22)20(23)21-13-5-6-17-7-9-18(10-8-17)16(2)3/h7-10,16,19H,4-6,11-15H2,1-3H3,(H,21,23). The Kier molecular flexibility index (Phi) is 7.65. The van der Waals surface area contributed by atoms with Crippen LogP contribution < -0.4 is 5.32 Å². The minimum atomic E-state index is -3.13. The van der Waals surface area contributed by atoms with E-state index in [1.54, 1.807) is 6.92 Å². The average Bonchev–Trinajstić information content (AvgIpc) is 2.65. The van der Waals surface area contributed by atoms with Crippen LogP contribution in [0.3, 0.4) is 0 Å². The number of rotatable bonds is 8. The third-order valence-corrected chi connectivity index (χ3v) is 7.05. The molecular formula is C20H32N2O3S. The maximum atomic E-state index is 12.3. The van der Waals surface area contributed by atoms with Crippen molar-refractivity contribution in [2.24, 2.45) is 5.92 Å². The molecule has 1 aliphatic heterocycles. The van der Waals surface area contributed by atoms with Gasteiger partial charge in [0.1, 0.15) is 0 Å². The quantitative estimate of drug-likeness (QED) is 0.705. The fourth-order valence-corrected chi connectivity index (χ4v) is 4.43. The number of carbonyl (C=O) groups is 1. The van der Waals surface area contributed by atoms with Crippen LogP contribution in [-0.2, 0) is 21.2 Å². The van der Waals surface area contributed by atoms with Crippen LogP contribution in [-0.4, -0.2) is 44.0 Å². The molecule has 2 rings (SSSR count). The predicted octanol–water partition coefficient (Wildman–Crippen LogP) is 2.92. The number of sulfonamides is 1. The Morgan fingerprint density at radius 1 is 1.19 bits per heavy atom. The molecule has 1 aromatic rings. The molecule has 1 aromatic carbocycles. The van der Waals surface area contributed by atoms with Crippen molar-refractivity contribution < 1.29 is 13.2 Å². The highest BCUT2D eigenvalue weighted by Crippen LogP contribution is 2.20. The Morgan fingerprint density at radius 2 is 1.81 bits per heavy atom. The van der Waals surface area contributed by atoms with Crippen molar-refractivity contribution in [2.45, 2.75) is 52.4 Å². The Labute approximate surface area is 158 Å². The Balaban J connectivity index is 1.68. The lowest BCUT2D eigenvalue weighted by Gasteiger charge is -2.30. The predicted molar refractivity (Wildman–Crippen MR) is 106 cm³/mol. The SMILES string of the molecule is CCS(=O)(=O)N1CCC(C(=O)NCCCc2ccc(C(C)C)cc2)CC1. The van der Waals surface area contributed by atoms with Gasteiger partial charge in [-0.25, -0.2) is 12.7 Å². The largest absolute Gasteiger partial charge is 0.356 e. The fraction of sp³-hybridized carbons (Fsp3) is 0.650. The minimum absolute atomic E-state index is 0.0636. The van der Waals surface area contributed by atoms with Gasteiger partial charge in [0, 0.05) is 25.6 Å². The van der Waals surface area contributed by atoms with E-state index in [9.17, 15) is 13.2 Å². The fourth-order valence-electron chi connectivity index (χ4n) is 3.30. The first-order chi connectivity index (χ1) is 12.3. The highest BCUT2D eigenvalue weighted by atomic mass is 32.2. The van der Waals surface area contributed by atoms with Crippen molar-refractivity contribution in [1.82, 2.24) is 9.62 Å². The number of carbonyl (C=O) groups excluding carboxylic acids is 1. The second-order valence-electron chi connectivity index (χ2n) is 7.36. The van der Waals surface area contributed by atoms with Crippen molar-refractivity contribution >= 4 is 15.9 Å². The van der Waals surface area contributed by atoms with E-state index in [2.05, 4.69) is 43.4 Å². The molecule has 1 saturated heterocycles. The van der Waals surface area contributed by atoms with E-state index >= 15 is 0 Å². The average molecular weight is 381 g/mol. The molecule has 0 aromatic heterocycles. The molecule has 1 amide bonds. The molecule has 0 bridgehead atoms. The highest BCUT2D eigenvalue weighted by Gasteiger charge is 2.29. The summed E-state index contributed by atoms with van der Waals surface area (Å²) in [5, 5.41) is 3.01. The molecule has 1 aliphatic rings. The van der Waals surface area contributed by atoms with Crippen LogP contribution in [0.15, 0.2) is 24.3 Å². The van der Waals surface area contributed by atoms with Gasteiger partial charge in [-0.2, -0.15) is 0 Å². The van der Waals surface area contributed by atoms with Crippen molar-refractivity contribution in [3.63, 3.8) is 0 Å². The van der Waals surface area contributed by atoms with Gasteiger partial charge in [0.2, 0.25) is 15.9 Å². The Hall–Kier alpha value is -1.40. The molecule has 0 unspecified atom stereocenters. The summed E-state index contributed by atoms with van der Waals surface area (Å²) in [5.74, 6) is 0.668. The van der Waals surface area contributed by atoms with Crippen LogP contribution in [0.25, 0.3) is 0 Å². The summed E-state index contributed by atoms with van der Waals surface area (Å²) >= 11 is 0. The van der Waals surface area contributed by atoms with Crippen molar-refractivity contribution in [3.8, 4) is 0 Å². The molecular weight excluding hydrogens is 348 g/mol. The first-order valence-corrected chi connectivity index (χ1v) is 11.3. The van der Waals surface area contributed by atoms with E-state index < -0.39 is 10.0 Å². The molecule has 0 spiro atoms. The molecule has 146 valence electrons. The lowest BCUT2D eigenvalue weighted by Crippen LogP contribution is -2.43. The molecule has 1 fully saturated rings. The number of hydrogen-bond acceptors (Lipinski definition) is 3. The van der Waals surface area contributed by atoms with Gasteiger partial charge in [-0.1, -0.05) is 38.1 Å². The normalized spacial score (nSPS) is 16.8. The van der Waals surface area contributed by atoms with Crippen LogP contribution in [0.1, 0.15) is 57.1 Å². The van der Waals surface area contributed by atoms with Gasteiger partial charge in [-0.05, 0) is 49.7 Å². The number of aryl methyl sites for hydroxylation is 1. The van der Waals surface area contributed by atoms with E-state index in [0.29, 0.717) is 38.4 Å². The third-order valence-electron chi connectivity index (χ3n) is 5.17. The lowest BCUT2D eigenvalue weighted by atomic mass is 9.97. The second kappa shape index (κ2) is 9.51. The van der Waals surface area contributed by atoms with Crippen molar-refractivity contribution in [3.05, 3.63) is 35.4 Å². The molecule has 0 saturated carbocycles. The molecule has 0 aliphatic carbocycles. The summed E-state index contributed by atoms with van der Waals surface area (Å²) in [7, 11) is -3.13. The van der Waals surface area contributed by atoms with Gasteiger partial charge in [0.15, 0.2) is 0 Å². The number of hydrogen-bond donors (Lipinski definition) is 1. The Morgan fingerprint density at radius 3 is 2.35 bits per heavy atom. The van der Waals surface area contributed by atoms with E-state index in [1.165, 1.54) is 15.4 Å². The first kappa shape index (κ1) is 20.9. The molecule has 0 radical (unpaired) electrons. The van der Waals surface area contributed by atoms with Crippen LogP contribution >= 0.6 is 0 Å². The van der Waals surface area contributed by atoms with Crippen LogP contribution in [0.5, 0.6) is 0 Å². The summed E-state index contributed by atoms with van der Waals surface area (Å²) in [6.07, 6.45) is 3.09. The first-order valence-electron chi connectivity index (χ1n) is 9.68. The monoisotopic (exact) mass is 380 g/mol. The van der Waals surface area contributed by atoms with E-state index in [0.717, 1.165) is 12.8 Å². The molecule has 26 heavy (non-hydrogen) atoms. The number of amides is 1. The number of nitrogens with zero attached hydrogens (tertiary/aromatic N) is 1. The molecule has 0 atom stereocenters. The zero-order valence-electron chi connectivity index (χ0n) is 16.2. The number of nitrogens with one attached hydrogen (secondary N) is 1. The highest BCUT2D eigenvalue weighted by molar-refractivity contribution is 7.89. The summed E-state index contributed by atoms with van der Waals surface area (Å²) in [5.41, 5.74) is 2.64. The van der Waals surface area contributed by atoms with Gasteiger partial charge < -0.3 is 5.32 Å². The summed E-state index contributed by atoms with van der Waals surface area (Å²) in [4.78, 5) is 12.3. The van der Waals surface area contributed by atoms with Crippen molar-refractivity contribution in [1.29, 1.82) is 0 Å². The zero-order chi connectivity index (χ0) is 19.2. The molecule has 6 heteroatoms. The molecule has 1 N–H and O–H groups in total. The van der Waals surface area contributed by atoms with Gasteiger partial charge in [0.05, 0.1) is 5.75 Å².